The number of rotatable bonds is 5. The average Bonchev–Trinajstić information content (AvgIpc) is 2.50. The van der Waals surface area contributed by atoms with Crippen LogP contribution in [0.3, 0.4) is 0 Å². The lowest BCUT2D eigenvalue weighted by molar-refractivity contribution is -0.334. The van der Waals surface area contributed by atoms with E-state index in [1.54, 1.807) is 13.8 Å². The minimum Gasteiger partial charge on any atom is -0.457 e. The van der Waals surface area contributed by atoms with Crippen LogP contribution in [0.1, 0.15) is 27.2 Å². The first-order valence-corrected chi connectivity index (χ1v) is 8.33. The maximum atomic E-state index is 11.4. The molecule has 2 saturated heterocycles. The SMILES string of the molecule is CO[C@H]1[C@H](O[C@@H]2C[C@@H](O)[C@H](OC)[C@@H](C)O2)[C@H](OC(C)=O)[C@H](C)O[C@H]1O. The summed E-state index contributed by atoms with van der Waals surface area (Å²) < 4.78 is 32.9. The van der Waals surface area contributed by atoms with E-state index in [0.29, 0.717) is 0 Å². The van der Waals surface area contributed by atoms with E-state index in [2.05, 4.69) is 0 Å². The van der Waals surface area contributed by atoms with Crippen molar-refractivity contribution in [3.63, 3.8) is 0 Å². The number of methoxy groups -OCH3 is 2. The predicted molar refractivity (Wildman–Crippen MR) is 83.5 cm³/mol. The zero-order valence-corrected chi connectivity index (χ0v) is 15.2. The zero-order chi connectivity index (χ0) is 18.7. The highest BCUT2D eigenvalue weighted by molar-refractivity contribution is 5.66. The molecule has 0 aliphatic carbocycles. The monoisotopic (exact) mass is 364 g/mol. The number of aliphatic hydroxyl groups excluding tert-OH is 2. The molecule has 0 amide bonds. The van der Waals surface area contributed by atoms with Gasteiger partial charge < -0.3 is 38.6 Å². The molecular weight excluding hydrogens is 336 g/mol. The number of hydrogen-bond acceptors (Lipinski definition) is 9. The highest BCUT2D eigenvalue weighted by Gasteiger charge is 2.49. The molecule has 0 aromatic rings. The highest BCUT2D eigenvalue weighted by Crippen LogP contribution is 2.31. The Bertz CT molecular complexity index is 433. The van der Waals surface area contributed by atoms with Gasteiger partial charge in [0.25, 0.3) is 0 Å². The standard InChI is InChI=1S/C16H28O9/c1-7-12(20-4)10(18)6-11(22-7)25-14-13(24-9(3)17)8(2)23-16(19)15(14)21-5/h7-8,10-16,18-19H,6H2,1-5H3/t7-,8+,10-,11-,12-,13-,14-,15+,16-/m1/s1. The van der Waals surface area contributed by atoms with Crippen LogP contribution in [0.4, 0.5) is 0 Å². The Morgan fingerprint density at radius 1 is 0.960 bits per heavy atom. The summed E-state index contributed by atoms with van der Waals surface area (Å²) in [5, 5.41) is 20.3. The lowest BCUT2D eigenvalue weighted by atomic mass is 9.98. The molecule has 9 atom stereocenters. The molecule has 0 aromatic carbocycles. The molecule has 146 valence electrons. The molecule has 2 heterocycles. The van der Waals surface area contributed by atoms with Crippen LogP contribution in [-0.2, 0) is 33.2 Å². The van der Waals surface area contributed by atoms with E-state index in [4.69, 9.17) is 28.4 Å². The molecule has 0 spiro atoms. The third-order valence-corrected chi connectivity index (χ3v) is 4.54. The van der Waals surface area contributed by atoms with Crippen molar-refractivity contribution in [1.29, 1.82) is 0 Å². The predicted octanol–water partition coefficient (Wildman–Crippen LogP) is -0.434. The van der Waals surface area contributed by atoms with Crippen LogP contribution >= 0.6 is 0 Å². The quantitative estimate of drug-likeness (QED) is 0.627. The summed E-state index contributed by atoms with van der Waals surface area (Å²) in [5.74, 6) is -0.502. The van der Waals surface area contributed by atoms with E-state index < -0.39 is 61.3 Å². The number of ether oxygens (including phenoxy) is 6. The summed E-state index contributed by atoms with van der Waals surface area (Å²) in [7, 11) is 2.90. The van der Waals surface area contributed by atoms with Gasteiger partial charge in [0.2, 0.25) is 0 Å². The van der Waals surface area contributed by atoms with Crippen molar-refractivity contribution >= 4 is 5.97 Å². The molecule has 2 rings (SSSR count). The molecule has 0 aromatic heterocycles. The number of hydrogen-bond donors (Lipinski definition) is 2. The average molecular weight is 364 g/mol. The number of aliphatic hydroxyl groups is 2. The van der Waals surface area contributed by atoms with Crippen LogP contribution in [0.15, 0.2) is 0 Å². The Kier molecular flexibility index (Phi) is 7.15. The fourth-order valence-electron chi connectivity index (χ4n) is 3.38. The molecule has 0 saturated carbocycles. The van der Waals surface area contributed by atoms with Crippen LogP contribution in [-0.4, -0.2) is 85.7 Å². The van der Waals surface area contributed by atoms with Crippen molar-refractivity contribution in [3.05, 3.63) is 0 Å². The van der Waals surface area contributed by atoms with Gasteiger partial charge in [0.05, 0.1) is 18.3 Å². The normalized spacial score (nSPS) is 45.2. The fraction of sp³-hybridized carbons (Fsp3) is 0.938. The molecule has 25 heavy (non-hydrogen) atoms. The molecule has 2 aliphatic heterocycles. The summed E-state index contributed by atoms with van der Waals surface area (Å²) in [5.41, 5.74) is 0. The Morgan fingerprint density at radius 3 is 2.08 bits per heavy atom. The van der Waals surface area contributed by atoms with Crippen molar-refractivity contribution in [1.82, 2.24) is 0 Å². The number of carbonyl (C=O) groups excluding carboxylic acids is 1. The number of esters is 1. The van der Waals surface area contributed by atoms with Crippen molar-refractivity contribution in [3.8, 4) is 0 Å². The zero-order valence-electron chi connectivity index (χ0n) is 15.2. The van der Waals surface area contributed by atoms with Gasteiger partial charge in [-0.25, -0.2) is 0 Å². The molecule has 0 unspecified atom stereocenters. The van der Waals surface area contributed by atoms with E-state index in [9.17, 15) is 15.0 Å². The van der Waals surface area contributed by atoms with Crippen molar-refractivity contribution in [2.24, 2.45) is 0 Å². The van der Waals surface area contributed by atoms with Crippen LogP contribution < -0.4 is 0 Å². The first kappa shape index (κ1) is 20.5. The third kappa shape index (κ3) is 4.68. The van der Waals surface area contributed by atoms with Gasteiger partial charge in [-0.1, -0.05) is 0 Å². The van der Waals surface area contributed by atoms with Crippen LogP contribution in [0.25, 0.3) is 0 Å². The van der Waals surface area contributed by atoms with Gasteiger partial charge in [-0.05, 0) is 13.8 Å². The molecule has 2 aliphatic rings. The molecule has 0 radical (unpaired) electrons. The molecule has 2 N–H and O–H groups in total. The Balaban J connectivity index is 2.14. The van der Waals surface area contributed by atoms with Gasteiger partial charge in [0, 0.05) is 27.6 Å². The van der Waals surface area contributed by atoms with Gasteiger partial charge in [0.1, 0.15) is 18.3 Å². The molecule has 0 bridgehead atoms. The second-order valence-corrected chi connectivity index (χ2v) is 6.38. The van der Waals surface area contributed by atoms with Crippen molar-refractivity contribution in [2.75, 3.05) is 14.2 Å². The fourth-order valence-corrected chi connectivity index (χ4v) is 3.38. The Labute approximate surface area is 147 Å². The summed E-state index contributed by atoms with van der Waals surface area (Å²) in [6.45, 7) is 4.72. The minimum atomic E-state index is -1.24. The topological polar surface area (TPSA) is 113 Å². The Hall–Kier alpha value is -0.810. The van der Waals surface area contributed by atoms with Gasteiger partial charge in [0.15, 0.2) is 18.7 Å². The second-order valence-electron chi connectivity index (χ2n) is 6.38. The second kappa shape index (κ2) is 8.72. The summed E-state index contributed by atoms with van der Waals surface area (Å²) in [4.78, 5) is 11.4. The number of carbonyl (C=O) groups is 1. The lowest BCUT2D eigenvalue weighted by Gasteiger charge is -2.45. The Morgan fingerprint density at radius 2 is 1.56 bits per heavy atom. The highest BCUT2D eigenvalue weighted by atomic mass is 16.7. The smallest absolute Gasteiger partial charge is 0.303 e. The van der Waals surface area contributed by atoms with Gasteiger partial charge in [-0.3, -0.25) is 4.79 Å². The first-order valence-electron chi connectivity index (χ1n) is 8.33. The van der Waals surface area contributed by atoms with Crippen molar-refractivity contribution in [2.45, 2.75) is 82.5 Å². The largest absolute Gasteiger partial charge is 0.457 e. The third-order valence-electron chi connectivity index (χ3n) is 4.54. The van der Waals surface area contributed by atoms with E-state index in [1.165, 1.54) is 21.1 Å². The van der Waals surface area contributed by atoms with Crippen LogP contribution in [0, 0.1) is 0 Å². The lowest BCUT2D eigenvalue weighted by Crippen LogP contribution is -2.61. The van der Waals surface area contributed by atoms with E-state index in [-0.39, 0.29) is 6.42 Å². The van der Waals surface area contributed by atoms with Crippen molar-refractivity contribution < 1.29 is 43.4 Å². The maximum absolute atomic E-state index is 11.4. The van der Waals surface area contributed by atoms with Gasteiger partial charge in [-0.15, -0.1) is 0 Å². The van der Waals surface area contributed by atoms with Crippen LogP contribution in [0.5, 0.6) is 0 Å². The van der Waals surface area contributed by atoms with Gasteiger partial charge in [-0.2, -0.15) is 0 Å². The minimum absolute atomic E-state index is 0.175. The van der Waals surface area contributed by atoms with E-state index >= 15 is 0 Å². The van der Waals surface area contributed by atoms with E-state index in [1.807, 2.05) is 0 Å². The first-order chi connectivity index (χ1) is 11.8. The molecule has 9 nitrogen and oxygen atoms in total. The molecule has 2 fully saturated rings. The molecular formula is C16H28O9. The molecule has 9 heteroatoms. The maximum Gasteiger partial charge on any atom is 0.303 e. The summed E-state index contributed by atoms with van der Waals surface area (Å²) in [6, 6.07) is 0. The van der Waals surface area contributed by atoms with Gasteiger partial charge >= 0.3 is 5.97 Å². The summed E-state index contributed by atoms with van der Waals surface area (Å²) >= 11 is 0. The van der Waals surface area contributed by atoms with Crippen LogP contribution in [0.2, 0.25) is 0 Å². The van der Waals surface area contributed by atoms with E-state index in [0.717, 1.165) is 0 Å². The summed E-state index contributed by atoms with van der Waals surface area (Å²) in [6.07, 6.45) is -6.55.